The molecular weight excluding hydrogens is 316 g/mol. The lowest BCUT2D eigenvalue weighted by Crippen LogP contribution is -2.50. The van der Waals surface area contributed by atoms with Gasteiger partial charge in [0.1, 0.15) is 0 Å². The zero-order valence-corrected chi connectivity index (χ0v) is 15.6. The number of amides is 1. The lowest BCUT2D eigenvalue weighted by molar-refractivity contribution is -0.153. The van der Waals surface area contributed by atoms with Gasteiger partial charge in [-0.3, -0.25) is 9.59 Å². The van der Waals surface area contributed by atoms with Crippen molar-refractivity contribution in [2.75, 3.05) is 33.3 Å². The minimum absolute atomic E-state index is 0.00913. The predicted octanol–water partition coefficient (Wildman–Crippen LogP) is 2.39. The quantitative estimate of drug-likeness (QED) is 0.436. The largest absolute Gasteiger partial charge is 0.469 e. The highest BCUT2D eigenvalue weighted by Gasteiger charge is 2.50. The van der Waals surface area contributed by atoms with E-state index in [0.29, 0.717) is 13.1 Å². The molecule has 0 bridgehead atoms. The minimum Gasteiger partial charge on any atom is -0.469 e. The first-order valence-corrected chi connectivity index (χ1v) is 9.50. The van der Waals surface area contributed by atoms with Gasteiger partial charge in [0.15, 0.2) is 0 Å². The lowest BCUT2D eigenvalue weighted by atomic mass is 9.85. The van der Waals surface area contributed by atoms with Gasteiger partial charge in [0.2, 0.25) is 5.91 Å². The summed E-state index contributed by atoms with van der Waals surface area (Å²) in [7, 11) is 1.40. The molecule has 1 aliphatic carbocycles. The number of allylic oxidation sites excluding steroid dienone is 3. The number of ether oxygens (including phenoxy) is 1. The number of methoxy groups -OCH3 is 1. The first kappa shape index (κ1) is 19.7. The van der Waals surface area contributed by atoms with Gasteiger partial charge >= 0.3 is 5.97 Å². The maximum Gasteiger partial charge on any atom is 0.310 e. The molecule has 0 radical (unpaired) electrons. The van der Waals surface area contributed by atoms with Gasteiger partial charge < -0.3 is 15.0 Å². The lowest BCUT2D eigenvalue weighted by Gasteiger charge is -2.33. The average Bonchev–Trinajstić information content (AvgIpc) is 3.03. The molecule has 0 aromatic heterocycles. The van der Waals surface area contributed by atoms with Gasteiger partial charge in [-0.2, -0.15) is 0 Å². The van der Waals surface area contributed by atoms with Gasteiger partial charge in [0.25, 0.3) is 0 Å². The highest BCUT2D eigenvalue weighted by molar-refractivity contribution is 5.87. The zero-order chi connectivity index (χ0) is 18.2. The van der Waals surface area contributed by atoms with Crippen LogP contribution in [0.2, 0.25) is 0 Å². The fourth-order valence-electron chi connectivity index (χ4n) is 4.06. The van der Waals surface area contributed by atoms with Crippen molar-refractivity contribution in [2.24, 2.45) is 23.7 Å². The Hall–Kier alpha value is -1.62. The van der Waals surface area contributed by atoms with Crippen LogP contribution >= 0.6 is 0 Å². The number of hydrogen-bond acceptors (Lipinski definition) is 4. The normalized spacial score (nSPS) is 29.8. The van der Waals surface area contributed by atoms with Crippen molar-refractivity contribution in [1.82, 2.24) is 10.2 Å². The second kappa shape index (κ2) is 9.76. The number of rotatable bonds is 7. The standard InChI is InChI=1S/C20H32N2O3/c1-4-6-7-8-9-16-14-15(5-2)18(20(24)25-3)17(16)19(23)22-12-10-21-11-13-22/h5,8-9,15-18,21H,2,4,6-7,10-14H2,1,3H3/b9-8+/t15-,16+,17+,18-/m1/s1. The van der Waals surface area contributed by atoms with Gasteiger partial charge in [0.05, 0.1) is 18.9 Å². The van der Waals surface area contributed by atoms with E-state index < -0.39 is 5.92 Å². The summed E-state index contributed by atoms with van der Waals surface area (Å²) in [6.07, 6.45) is 10.2. The maximum absolute atomic E-state index is 13.2. The fraction of sp³-hybridized carbons (Fsp3) is 0.700. The van der Waals surface area contributed by atoms with Gasteiger partial charge in [0, 0.05) is 26.2 Å². The molecule has 2 aliphatic rings. The first-order valence-electron chi connectivity index (χ1n) is 9.50. The maximum atomic E-state index is 13.2. The van der Waals surface area contributed by atoms with Crippen molar-refractivity contribution < 1.29 is 14.3 Å². The Labute approximate surface area is 151 Å². The van der Waals surface area contributed by atoms with Crippen LogP contribution in [0.3, 0.4) is 0 Å². The Morgan fingerprint density at radius 2 is 1.96 bits per heavy atom. The Morgan fingerprint density at radius 3 is 2.56 bits per heavy atom. The molecule has 1 N–H and O–H groups in total. The Morgan fingerprint density at radius 1 is 1.24 bits per heavy atom. The molecule has 0 unspecified atom stereocenters. The second-order valence-electron chi connectivity index (χ2n) is 7.02. The summed E-state index contributed by atoms with van der Waals surface area (Å²) in [5.74, 6) is -0.900. The molecule has 0 aromatic carbocycles. The van der Waals surface area contributed by atoms with Crippen LogP contribution < -0.4 is 5.32 Å². The molecule has 0 spiro atoms. The van der Waals surface area contributed by atoms with Crippen LogP contribution in [-0.2, 0) is 14.3 Å². The van der Waals surface area contributed by atoms with E-state index in [1.54, 1.807) is 0 Å². The number of nitrogens with zero attached hydrogens (tertiary/aromatic N) is 1. The summed E-state index contributed by atoms with van der Waals surface area (Å²) in [6, 6.07) is 0. The van der Waals surface area contributed by atoms with Crippen LogP contribution in [0.15, 0.2) is 24.8 Å². The van der Waals surface area contributed by atoms with Gasteiger partial charge in [-0.05, 0) is 24.7 Å². The number of esters is 1. The molecule has 25 heavy (non-hydrogen) atoms. The van der Waals surface area contributed by atoms with E-state index in [9.17, 15) is 9.59 Å². The van der Waals surface area contributed by atoms with Crippen LogP contribution in [0.1, 0.15) is 32.6 Å². The number of carbonyl (C=O) groups excluding carboxylic acids is 2. The highest BCUT2D eigenvalue weighted by atomic mass is 16.5. The number of nitrogens with one attached hydrogen (secondary N) is 1. The molecule has 5 nitrogen and oxygen atoms in total. The minimum atomic E-state index is -0.425. The third-order valence-electron chi connectivity index (χ3n) is 5.45. The molecule has 4 atom stereocenters. The molecule has 1 heterocycles. The van der Waals surface area contributed by atoms with E-state index >= 15 is 0 Å². The molecule has 1 saturated carbocycles. The first-order chi connectivity index (χ1) is 12.1. The van der Waals surface area contributed by atoms with Gasteiger partial charge in [-0.25, -0.2) is 0 Å². The molecule has 1 aliphatic heterocycles. The fourth-order valence-corrected chi connectivity index (χ4v) is 4.06. The molecule has 2 rings (SSSR count). The smallest absolute Gasteiger partial charge is 0.310 e. The molecular formula is C20H32N2O3. The average molecular weight is 348 g/mol. The Kier molecular flexibility index (Phi) is 7.69. The Balaban J connectivity index is 2.23. The summed E-state index contributed by atoms with van der Waals surface area (Å²) in [5.41, 5.74) is 0. The van der Waals surface area contributed by atoms with E-state index in [4.69, 9.17) is 4.74 Å². The van der Waals surface area contributed by atoms with E-state index in [2.05, 4.69) is 31.0 Å². The van der Waals surface area contributed by atoms with Crippen molar-refractivity contribution in [3.8, 4) is 0 Å². The number of carbonyl (C=O) groups is 2. The third-order valence-corrected chi connectivity index (χ3v) is 5.45. The van der Waals surface area contributed by atoms with E-state index in [1.807, 2.05) is 11.0 Å². The van der Waals surface area contributed by atoms with Gasteiger partial charge in [-0.15, -0.1) is 6.58 Å². The summed E-state index contributed by atoms with van der Waals surface area (Å²) in [5, 5.41) is 3.27. The number of hydrogen-bond donors (Lipinski definition) is 1. The second-order valence-corrected chi connectivity index (χ2v) is 7.02. The predicted molar refractivity (Wildman–Crippen MR) is 98.9 cm³/mol. The zero-order valence-electron chi connectivity index (χ0n) is 15.6. The van der Waals surface area contributed by atoms with Crippen LogP contribution in [0.5, 0.6) is 0 Å². The molecule has 0 aromatic rings. The van der Waals surface area contributed by atoms with Crippen LogP contribution in [0.4, 0.5) is 0 Å². The monoisotopic (exact) mass is 348 g/mol. The van der Waals surface area contributed by atoms with Crippen LogP contribution in [-0.4, -0.2) is 50.1 Å². The molecule has 1 amide bonds. The highest BCUT2D eigenvalue weighted by Crippen LogP contribution is 2.44. The third kappa shape index (κ3) is 4.72. The van der Waals surface area contributed by atoms with E-state index in [0.717, 1.165) is 38.8 Å². The summed E-state index contributed by atoms with van der Waals surface area (Å²) >= 11 is 0. The van der Waals surface area contributed by atoms with Crippen molar-refractivity contribution in [3.05, 3.63) is 24.8 Å². The SMILES string of the molecule is C=C[C@@H]1C[C@H](/C=C/CCCC)[C@H](C(=O)N2CCNCC2)[C@@H]1C(=O)OC. The van der Waals surface area contributed by atoms with Crippen molar-refractivity contribution >= 4 is 11.9 Å². The Bertz CT molecular complexity index is 497. The molecule has 5 heteroatoms. The van der Waals surface area contributed by atoms with Gasteiger partial charge in [-0.1, -0.05) is 38.0 Å². The number of unbranched alkanes of at least 4 members (excludes halogenated alkanes) is 2. The molecule has 140 valence electrons. The summed E-state index contributed by atoms with van der Waals surface area (Å²) in [6.45, 7) is 9.08. The topological polar surface area (TPSA) is 58.6 Å². The van der Waals surface area contributed by atoms with Crippen molar-refractivity contribution in [1.29, 1.82) is 0 Å². The number of piperazine rings is 1. The van der Waals surface area contributed by atoms with Crippen molar-refractivity contribution in [2.45, 2.75) is 32.6 Å². The van der Waals surface area contributed by atoms with Crippen molar-refractivity contribution in [3.63, 3.8) is 0 Å². The van der Waals surface area contributed by atoms with Crippen LogP contribution in [0, 0.1) is 23.7 Å². The molecule has 1 saturated heterocycles. The molecule has 2 fully saturated rings. The summed E-state index contributed by atoms with van der Waals surface area (Å²) < 4.78 is 5.03. The van der Waals surface area contributed by atoms with Crippen LogP contribution in [0.25, 0.3) is 0 Å². The summed E-state index contributed by atoms with van der Waals surface area (Å²) in [4.78, 5) is 27.5. The van der Waals surface area contributed by atoms with E-state index in [-0.39, 0.29) is 29.6 Å². The van der Waals surface area contributed by atoms with E-state index in [1.165, 1.54) is 7.11 Å².